The van der Waals surface area contributed by atoms with Crippen LogP contribution in [0.1, 0.15) is 11.3 Å². The molecule has 0 saturated heterocycles. The molecule has 0 fully saturated rings. The fraction of sp³-hybridized carbons (Fsp3) is 0.273. The van der Waals surface area contributed by atoms with E-state index in [9.17, 15) is 0 Å². The first-order valence-electron chi connectivity index (χ1n) is 5.24. The van der Waals surface area contributed by atoms with Crippen molar-refractivity contribution >= 4 is 22.2 Å². The number of para-hydroxylation sites is 1. The molecule has 1 aromatic heterocycles. The Morgan fingerprint density at radius 1 is 1.38 bits per heavy atom. The van der Waals surface area contributed by atoms with E-state index in [4.69, 9.17) is 5.73 Å². The van der Waals surface area contributed by atoms with Gasteiger partial charge in [-0.2, -0.15) is 0 Å². The summed E-state index contributed by atoms with van der Waals surface area (Å²) in [6.07, 6.45) is 1.10. The highest BCUT2D eigenvalue weighted by Crippen LogP contribution is 2.29. The Morgan fingerprint density at radius 3 is 3.06 bits per heavy atom. The minimum Gasteiger partial charge on any atom is -0.388 e. The zero-order chi connectivity index (χ0) is 11.0. The summed E-state index contributed by atoms with van der Waals surface area (Å²) in [5, 5.41) is 4.78. The van der Waals surface area contributed by atoms with Crippen LogP contribution in [-0.4, -0.2) is 16.1 Å². The van der Waals surface area contributed by atoms with Crippen LogP contribution in [0.25, 0.3) is 0 Å². The van der Waals surface area contributed by atoms with Crippen molar-refractivity contribution in [1.82, 2.24) is 9.59 Å². The molecule has 1 aromatic carbocycles. The zero-order valence-corrected chi connectivity index (χ0v) is 9.57. The normalized spacial score (nSPS) is 14.1. The lowest BCUT2D eigenvalue weighted by Gasteiger charge is -2.17. The van der Waals surface area contributed by atoms with E-state index in [-0.39, 0.29) is 0 Å². The predicted octanol–water partition coefficient (Wildman–Crippen LogP) is 1.68. The van der Waals surface area contributed by atoms with Crippen molar-refractivity contribution in [2.45, 2.75) is 13.0 Å². The van der Waals surface area contributed by atoms with Gasteiger partial charge in [0.25, 0.3) is 0 Å². The largest absolute Gasteiger partial charge is 0.388 e. The molecule has 2 heterocycles. The molecule has 82 valence electrons. The van der Waals surface area contributed by atoms with Gasteiger partial charge in [0.05, 0.1) is 6.54 Å². The van der Waals surface area contributed by atoms with E-state index in [1.807, 2.05) is 0 Å². The van der Waals surface area contributed by atoms with Crippen LogP contribution in [0.3, 0.4) is 0 Å². The number of anilines is 2. The molecule has 0 unspecified atom stereocenters. The number of nitrogens with two attached hydrogens (primary N) is 1. The number of nitrogen functional groups attached to an aromatic ring is 1. The maximum atomic E-state index is 5.81. The average Bonchev–Trinajstić information content (AvgIpc) is 2.88. The maximum Gasteiger partial charge on any atom is 0.132 e. The van der Waals surface area contributed by atoms with Crippen molar-refractivity contribution in [3.63, 3.8) is 0 Å². The summed E-state index contributed by atoms with van der Waals surface area (Å²) >= 11 is 1.26. The van der Waals surface area contributed by atoms with Crippen LogP contribution in [0, 0.1) is 0 Å². The third-order valence-corrected chi connectivity index (χ3v) is 3.50. The third kappa shape index (κ3) is 1.53. The molecule has 3 rings (SSSR count). The van der Waals surface area contributed by atoms with Gasteiger partial charge < -0.3 is 10.6 Å². The van der Waals surface area contributed by atoms with E-state index in [0.29, 0.717) is 0 Å². The highest BCUT2D eigenvalue weighted by molar-refractivity contribution is 7.09. The van der Waals surface area contributed by atoms with Gasteiger partial charge in [0, 0.05) is 23.8 Å². The number of aromatic nitrogens is 2. The van der Waals surface area contributed by atoms with Gasteiger partial charge in [0.1, 0.15) is 10.7 Å². The minimum absolute atomic E-state index is 0.726. The topological polar surface area (TPSA) is 55.0 Å². The molecule has 5 heteroatoms. The van der Waals surface area contributed by atoms with Crippen LogP contribution in [0.5, 0.6) is 0 Å². The first-order valence-corrected chi connectivity index (χ1v) is 6.01. The average molecular weight is 232 g/mol. The second-order valence-electron chi connectivity index (χ2n) is 3.88. The second-order valence-corrected chi connectivity index (χ2v) is 4.67. The summed E-state index contributed by atoms with van der Waals surface area (Å²) in [4.78, 5) is 2.31. The Kier molecular flexibility index (Phi) is 2.25. The first-order chi connectivity index (χ1) is 7.84. The molecule has 0 amide bonds. The fourth-order valence-corrected chi connectivity index (χ4v) is 2.51. The Bertz CT molecular complexity index is 508. The smallest absolute Gasteiger partial charge is 0.132 e. The number of nitrogens with zero attached hydrogens (tertiary/aromatic N) is 3. The van der Waals surface area contributed by atoms with Crippen molar-refractivity contribution < 1.29 is 0 Å². The number of fused-ring (bicyclic) bond motifs is 1. The molecule has 0 spiro atoms. The van der Waals surface area contributed by atoms with Crippen LogP contribution in [0.15, 0.2) is 24.3 Å². The van der Waals surface area contributed by atoms with Gasteiger partial charge in [-0.05, 0) is 18.1 Å². The van der Waals surface area contributed by atoms with Crippen LogP contribution >= 0.6 is 11.5 Å². The lowest BCUT2D eigenvalue weighted by atomic mass is 10.2. The van der Waals surface area contributed by atoms with E-state index >= 15 is 0 Å². The van der Waals surface area contributed by atoms with E-state index in [1.165, 1.54) is 22.8 Å². The third-order valence-electron chi connectivity index (χ3n) is 2.91. The van der Waals surface area contributed by atoms with Gasteiger partial charge in [0.15, 0.2) is 0 Å². The molecule has 0 atom stereocenters. The summed E-state index contributed by atoms with van der Waals surface area (Å²) < 4.78 is 3.86. The summed E-state index contributed by atoms with van der Waals surface area (Å²) in [7, 11) is 0. The van der Waals surface area contributed by atoms with Crippen molar-refractivity contribution in [3.05, 3.63) is 35.5 Å². The van der Waals surface area contributed by atoms with E-state index in [2.05, 4.69) is 38.8 Å². The van der Waals surface area contributed by atoms with Crippen LogP contribution in [0.4, 0.5) is 10.7 Å². The number of rotatable bonds is 2. The van der Waals surface area contributed by atoms with Gasteiger partial charge in [-0.3, -0.25) is 0 Å². The predicted molar refractivity (Wildman–Crippen MR) is 65.5 cm³/mol. The second kappa shape index (κ2) is 3.75. The molecule has 2 N–H and O–H groups in total. The van der Waals surface area contributed by atoms with E-state index in [1.54, 1.807) is 0 Å². The number of hydrogen-bond donors (Lipinski definition) is 1. The molecule has 0 aliphatic carbocycles. The minimum atomic E-state index is 0.726. The number of hydrogen-bond acceptors (Lipinski definition) is 5. The van der Waals surface area contributed by atoms with Crippen molar-refractivity contribution in [2.24, 2.45) is 0 Å². The summed E-state index contributed by atoms with van der Waals surface area (Å²) in [5.74, 6) is 0. The van der Waals surface area contributed by atoms with Crippen LogP contribution in [0.2, 0.25) is 0 Å². The van der Waals surface area contributed by atoms with Gasteiger partial charge in [0.2, 0.25) is 0 Å². The first kappa shape index (κ1) is 9.59. The van der Waals surface area contributed by atoms with Crippen molar-refractivity contribution in [3.8, 4) is 0 Å². The molecule has 2 aromatic rings. The maximum absolute atomic E-state index is 5.81. The highest BCUT2D eigenvalue weighted by atomic mass is 32.1. The fourth-order valence-electron chi connectivity index (χ4n) is 2.08. The molecule has 0 bridgehead atoms. The quantitative estimate of drug-likeness (QED) is 0.856. The van der Waals surface area contributed by atoms with Crippen LogP contribution < -0.4 is 10.6 Å². The highest BCUT2D eigenvalue weighted by Gasteiger charge is 2.20. The van der Waals surface area contributed by atoms with Crippen LogP contribution in [-0.2, 0) is 13.0 Å². The lowest BCUT2D eigenvalue weighted by molar-refractivity contribution is 0.810. The number of benzene rings is 1. The Morgan fingerprint density at radius 2 is 2.25 bits per heavy atom. The van der Waals surface area contributed by atoms with Gasteiger partial charge >= 0.3 is 0 Å². The monoisotopic (exact) mass is 232 g/mol. The summed E-state index contributed by atoms with van der Waals surface area (Å²) in [5.41, 5.74) is 9.40. The Balaban J connectivity index is 1.86. The Hall–Kier alpha value is -1.62. The lowest BCUT2D eigenvalue weighted by Crippen LogP contribution is -2.20. The molecular weight excluding hydrogens is 220 g/mol. The molecule has 1 aliphatic heterocycles. The zero-order valence-electron chi connectivity index (χ0n) is 8.76. The SMILES string of the molecule is Nc1snnc1CN1CCc2ccccc21. The Labute approximate surface area is 97.9 Å². The van der Waals surface area contributed by atoms with Gasteiger partial charge in [-0.1, -0.05) is 22.7 Å². The standard InChI is InChI=1S/C11H12N4S/c12-11-9(13-14-16-11)7-15-6-5-8-3-1-2-4-10(8)15/h1-4H,5-7,12H2. The van der Waals surface area contributed by atoms with Crippen molar-refractivity contribution in [1.29, 1.82) is 0 Å². The molecule has 16 heavy (non-hydrogen) atoms. The summed E-state index contributed by atoms with van der Waals surface area (Å²) in [6.45, 7) is 1.80. The van der Waals surface area contributed by atoms with E-state index < -0.39 is 0 Å². The van der Waals surface area contributed by atoms with Gasteiger partial charge in [-0.15, -0.1) is 5.10 Å². The molecule has 0 saturated carbocycles. The summed E-state index contributed by atoms with van der Waals surface area (Å²) in [6, 6.07) is 8.48. The van der Waals surface area contributed by atoms with E-state index in [0.717, 1.165) is 30.2 Å². The molecule has 4 nitrogen and oxygen atoms in total. The van der Waals surface area contributed by atoms with Crippen molar-refractivity contribution in [2.75, 3.05) is 17.2 Å². The molecule has 1 aliphatic rings. The van der Waals surface area contributed by atoms with Gasteiger partial charge in [-0.25, -0.2) is 0 Å². The molecule has 0 radical (unpaired) electrons. The molecular formula is C11H12N4S.